The van der Waals surface area contributed by atoms with E-state index in [1.165, 1.54) is 12.1 Å². The van der Waals surface area contributed by atoms with Gasteiger partial charge >= 0.3 is 6.09 Å². The third-order valence-corrected chi connectivity index (χ3v) is 3.29. The largest absolute Gasteiger partial charge is 0.444 e. The molecule has 0 spiro atoms. The van der Waals surface area contributed by atoms with Crippen molar-refractivity contribution in [3.63, 3.8) is 0 Å². The van der Waals surface area contributed by atoms with E-state index in [1.807, 2.05) is 39.6 Å². The van der Waals surface area contributed by atoms with Crippen LogP contribution in [-0.4, -0.2) is 37.4 Å². The average Bonchev–Trinajstić information content (AvgIpc) is 2.37. The fourth-order valence-electron chi connectivity index (χ4n) is 2.15. The summed E-state index contributed by atoms with van der Waals surface area (Å²) in [4.78, 5) is 13.8. The fraction of sp³-hybridized carbons (Fsp3) is 0.562. The number of hydrogen-bond acceptors (Lipinski definition) is 4. The fourth-order valence-corrected chi connectivity index (χ4v) is 2.15. The van der Waals surface area contributed by atoms with Gasteiger partial charge < -0.3 is 20.7 Å². The van der Waals surface area contributed by atoms with Crippen LogP contribution >= 0.6 is 0 Å². The molecule has 0 radical (unpaired) electrons. The highest BCUT2D eigenvalue weighted by atomic mass is 19.1. The quantitative estimate of drug-likeness (QED) is 0.877. The third-order valence-electron chi connectivity index (χ3n) is 3.29. The van der Waals surface area contributed by atoms with E-state index in [0.717, 1.165) is 5.69 Å². The van der Waals surface area contributed by atoms with Crippen molar-refractivity contribution >= 4 is 11.8 Å². The highest BCUT2D eigenvalue weighted by Crippen LogP contribution is 2.17. The van der Waals surface area contributed by atoms with Crippen LogP contribution in [0.4, 0.5) is 14.9 Å². The zero-order chi connectivity index (χ0) is 16.9. The topological polar surface area (TPSA) is 67.6 Å². The van der Waals surface area contributed by atoms with Gasteiger partial charge in [-0.05, 0) is 52.0 Å². The van der Waals surface area contributed by atoms with Crippen molar-refractivity contribution in [3.05, 3.63) is 30.1 Å². The van der Waals surface area contributed by atoms with Gasteiger partial charge in [0, 0.05) is 19.3 Å². The van der Waals surface area contributed by atoms with E-state index in [0.29, 0.717) is 6.54 Å². The lowest BCUT2D eigenvalue weighted by Gasteiger charge is -2.34. The van der Waals surface area contributed by atoms with Gasteiger partial charge in [-0.25, -0.2) is 9.18 Å². The monoisotopic (exact) mass is 311 g/mol. The van der Waals surface area contributed by atoms with Crippen molar-refractivity contribution in [3.8, 4) is 0 Å². The van der Waals surface area contributed by atoms with Crippen LogP contribution in [-0.2, 0) is 4.74 Å². The highest BCUT2D eigenvalue weighted by Gasteiger charge is 2.25. The number of nitrogens with one attached hydrogen (secondary N) is 1. The number of likely N-dealkylation sites (N-methyl/N-ethyl adjacent to an activating group) is 1. The number of hydrogen-bond donors (Lipinski definition) is 2. The molecule has 0 heterocycles. The van der Waals surface area contributed by atoms with E-state index in [9.17, 15) is 9.18 Å². The summed E-state index contributed by atoms with van der Waals surface area (Å²) in [5, 5.41) is 2.79. The van der Waals surface area contributed by atoms with Crippen LogP contribution in [0.1, 0.15) is 27.7 Å². The number of ether oxygens (including phenoxy) is 1. The molecular formula is C16H26FN3O2. The van der Waals surface area contributed by atoms with Crippen molar-refractivity contribution in [2.24, 2.45) is 5.73 Å². The van der Waals surface area contributed by atoms with Gasteiger partial charge in [-0.3, -0.25) is 0 Å². The molecule has 6 heteroatoms. The van der Waals surface area contributed by atoms with Gasteiger partial charge in [0.1, 0.15) is 11.4 Å². The summed E-state index contributed by atoms with van der Waals surface area (Å²) in [5.74, 6) is -0.290. The Morgan fingerprint density at radius 3 is 2.36 bits per heavy atom. The SMILES string of the molecule is CC(NC(=O)OC(C)(C)C)C(CN)N(C)c1ccc(F)cc1. The predicted octanol–water partition coefficient (Wildman–Crippen LogP) is 2.50. The standard InChI is InChI=1S/C16H26FN3O2/c1-11(19-15(21)22-16(2,3)4)14(10-18)20(5)13-8-6-12(17)7-9-13/h6-9,11,14H,10,18H2,1-5H3,(H,19,21). The Morgan fingerprint density at radius 2 is 1.91 bits per heavy atom. The summed E-state index contributed by atoms with van der Waals surface area (Å²) in [6.45, 7) is 7.62. The van der Waals surface area contributed by atoms with Crippen LogP contribution in [0, 0.1) is 5.82 Å². The average molecular weight is 311 g/mol. The second kappa shape index (κ2) is 7.45. The summed E-state index contributed by atoms with van der Waals surface area (Å²) in [5.41, 5.74) is 6.11. The highest BCUT2D eigenvalue weighted by molar-refractivity contribution is 5.68. The number of anilines is 1. The molecule has 1 rings (SSSR count). The Kier molecular flexibility index (Phi) is 6.17. The van der Waals surface area contributed by atoms with Gasteiger partial charge in [0.15, 0.2) is 0 Å². The van der Waals surface area contributed by atoms with Gasteiger partial charge in [0.05, 0.1) is 12.1 Å². The van der Waals surface area contributed by atoms with Gasteiger partial charge in [0.2, 0.25) is 0 Å². The molecule has 1 aromatic carbocycles. The summed E-state index contributed by atoms with van der Waals surface area (Å²) in [6, 6.07) is 5.78. The second-order valence-electron chi connectivity index (χ2n) is 6.33. The number of alkyl carbamates (subject to hydrolysis) is 1. The van der Waals surface area contributed by atoms with Crippen molar-refractivity contribution in [2.45, 2.75) is 45.4 Å². The molecule has 0 aromatic heterocycles. The molecule has 5 nitrogen and oxygen atoms in total. The Bertz CT molecular complexity index is 485. The molecule has 0 aliphatic rings. The number of rotatable bonds is 5. The van der Waals surface area contributed by atoms with E-state index >= 15 is 0 Å². The lowest BCUT2D eigenvalue weighted by atomic mass is 10.1. The minimum atomic E-state index is -0.551. The molecule has 1 amide bonds. The first kappa shape index (κ1) is 18.2. The van der Waals surface area contributed by atoms with Crippen LogP contribution in [0.3, 0.4) is 0 Å². The molecule has 0 fully saturated rings. The normalized spacial score (nSPS) is 14.1. The maximum atomic E-state index is 13.0. The first-order valence-electron chi connectivity index (χ1n) is 7.32. The minimum Gasteiger partial charge on any atom is -0.444 e. The van der Waals surface area contributed by atoms with Crippen molar-refractivity contribution in [1.82, 2.24) is 5.32 Å². The summed E-state index contributed by atoms with van der Waals surface area (Å²) in [6.07, 6.45) is -0.481. The molecule has 3 N–H and O–H groups in total. The predicted molar refractivity (Wildman–Crippen MR) is 86.5 cm³/mol. The molecule has 0 saturated heterocycles. The van der Waals surface area contributed by atoms with E-state index in [-0.39, 0.29) is 17.9 Å². The Hall–Kier alpha value is -1.82. The number of carbonyl (C=O) groups is 1. The molecule has 0 aliphatic heterocycles. The van der Waals surface area contributed by atoms with Gasteiger partial charge in [-0.2, -0.15) is 0 Å². The number of amides is 1. The molecular weight excluding hydrogens is 285 g/mol. The molecule has 0 bridgehead atoms. The first-order chi connectivity index (χ1) is 10.1. The number of benzene rings is 1. The molecule has 0 saturated carbocycles. The van der Waals surface area contributed by atoms with E-state index in [2.05, 4.69) is 5.32 Å². The van der Waals surface area contributed by atoms with Crippen molar-refractivity contribution < 1.29 is 13.9 Å². The lowest BCUT2D eigenvalue weighted by molar-refractivity contribution is 0.0502. The van der Waals surface area contributed by atoms with Crippen LogP contribution < -0.4 is 16.0 Å². The Morgan fingerprint density at radius 1 is 1.36 bits per heavy atom. The Balaban J connectivity index is 2.73. The molecule has 0 aliphatic carbocycles. The van der Waals surface area contributed by atoms with Crippen LogP contribution in [0.2, 0.25) is 0 Å². The van der Waals surface area contributed by atoms with Crippen LogP contribution in [0.15, 0.2) is 24.3 Å². The smallest absolute Gasteiger partial charge is 0.407 e. The van der Waals surface area contributed by atoms with Crippen molar-refractivity contribution in [2.75, 3.05) is 18.5 Å². The van der Waals surface area contributed by atoms with E-state index in [4.69, 9.17) is 10.5 Å². The minimum absolute atomic E-state index is 0.141. The van der Waals surface area contributed by atoms with Crippen LogP contribution in [0.25, 0.3) is 0 Å². The van der Waals surface area contributed by atoms with Crippen molar-refractivity contribution in [1.29, 1.82) is 0 Å². The molecule has 1 aromatic rings. The maximum absolute atomic E-state index is 13.0. The van der Waals surface area contributed by atoms with Crippen LogP contribution in [0.5, 0.6) is 0 Å². The molecule has 2 atom stereocenters. The summed E-state index contributed by atoms with van der Waals surface area (Å²) in [7, 11) is 1.86. The molecule has 124 valence electrons. The summed E-state index contributed by atoms with van der Waals surface area (Å²) >= 11 is 0. The zero-order valence-corrected chi connectivity index (χ0v) is 13.9. The lowest BCUT2D eigenvalue weighted by Crippen LogP contribution is -2.53. The summed E-state index contributed by atoms with van der Waals surface area (Å²) < 4.78 is 18.2. The Labute approximate surface area is 131 Å². The van der Waals surface area contributed by atoms with Gasteiger partial charge in [0.25, 0.3) is 0 Å². The number of carbonyl (C=O) groups excluding carboxylic acids is 1. The first-order valence-corrected chi connectivity index (χ1v) is 7.32. The number of nitrogens with two attached hydrogens (primary N) is 1. The molecule has 22 heavy (non-hydrogen) atoms. The molecule has 2 unspecified atom stereocenters. The maximum Gasteiger partial charge on any atom is 0.407 e. The second-order valence-corrected chi connectivity index (χ2v) is 6.33. The van der Waals surface area contributed by atoms with E-state index < -0.39 is 11.7 Å². The number of nitrogens with zero attached hydrogens (tertiary/aromatic N) is 1. The van der Waals surface area contributed by atoms with Gasteiger partial charge in [-0.15, -0.1) is 0 Å². The zero-order valence-electron chi connectivity index (χ0n) is 13.9. The number of halogens is 1. The van der Waals surface area contributed by atoms with E-state index in [1.54, 1.807) is 12.1 Å². The third kappa shape index (κ3) is 5.52. The van der Waals surface area contributed by atoms with Gasteiger partial charge in [-0.1, -0.05) is 0 Å².